The van der Waals surface area contributed by atoms with Crippen LogP contribution >= 0.6 is 0 Å². The van der Waals surface area contributed by atoms with E-state index in [0.29, 0.717) is 28.8 Å². The molecule has 0 aliphatic carbocycles. The number of hydrogen-bond donors (Lipinski definition) is 1. The summed E-state index contributed by atoms with van der Waals surface area (Å²) in [6, 6.07) is 5.14. The zero-order valence-electron chi connectivity index (χ0n) is 12.2. The van der Waals surface area contributed by atoms with E-state index >= 15 is 0 Å². The lowest BCUT2D eigenvalue weighted by molar-refractivity contribution is 0.140. The molecule has 1 aliphatic heterocycles. The second-order valence-electron chi connectivity index (χ2n) is 5.29. The molecule has 0 bridgehead atoms. The van der Waals surface area contributed by atoms with E-state index in [1.165, 1.54) is 16.0 Å². The summed E-state index contributed by atoms with van der Waals surface area (Å²) in [4.78, 5) is 12.5. The first-order chi connectivity index (χ1) is 10.3. The third kappa shape index (κ3) is 2.19. The van der Waals surface area contributed by atoms with Crippen LogP contribution in [0.2, 0.25) is 0 Å². The predicted molar refractivity (Wildman–Crippen MR) is 80.9 cm³/mol. The van der Waals surface area contributed by atoms with Gasteiger partial charge in [0.25, 0.3) is 0 Å². The molecule has 2 aromatic rings. The third-order valence-corrected chi connectivity index (χ3v) is 4.99. The Morgan fingerprint density at radius 2 is 2.09 bits per heavy atom. The summed E-state index contributed by atoms with van der Waals surface area (Å²) in [7, 11) is -1.94. The van der Waals surface area contributed by atoms with Gasteiger partial charge in [-0.05, 0) is 18.2 Å². The summed E-state index contributed by atoms with van der Waals surface area (Å²) in [5.41, 5.74) is 1.94. The van der Waals surface area contributed by atoms with Gasteiger partial charge in [-0.3, -0.25) is 0 Å². The number of rotatable bonds is 2. The number of methoxy groups -OCH3 is 1. The second-order valence-corrected chi connectivity index (χ2v) is 7.12. The van der Waals surface area contributed by atoms with E-state index in [1.54, 1.807) is 18.2 Å². The van der Waals surface area contributed by atoms with Crippen LogP contribution in [0.25, 0.3) is 10.9 Å². The molecular formula is C14H16N2O5S. The lowest BCUT2D eigenvalue weighted by Gasteiger charge is -2.25. The van der Waals surface area contributed by atoms with Crippen molar-refractivity contribution in [1.29, 1.82) is 0 Å². The fraction of sp³-hybridized carbons (Fsp3) is 0.357. The maximum absolute atomic E-state index is 12.2. The number of benzene rings is 1. The van der Waals surface area contributed by atoms with Crippen LogP contribution in [-0.2, 0) is 23.0 Å². The lowest BCUT2D eigenvalue weighted by Crippen LogP contribution is -2.35. The zero-order valence-corrected chi connectivity index (χ0v) is 13.1. The molecule has 1 amide bonds. The smallest absolute Gasteiger partial charge is 0.407 e. The Hall–Kier alpha value is -2.22. The van der Waals surface area contributed by atoms with Gasteiger partial charge in [-0.1, -0.05) is 0 Å². The number of amides is 1. The molecule has 0 saturated heterocycles. The molecule has 0 fully saturated rings. The molecule has 0 unspecified atom stereocenters. The number of fused-ring (bicyclic) bond motifs is 3. The molecular weight excluding hydrogens is 308 g/mol. The topological polar surface area (TPSA) is 88.8 Å². The Balaban J connectivity index is 2.32. The Labute approximate surface area is 127 Å². The van der Waals surface area contributed by atoms with E-state index in [0.717, 1.165) is 11.8 Å². The van der Waals surface area contributed by atoms with Crippen LogP contribution in [0.3, 0.4) is 0 Å². The molecule has 7 nitrogen and oxygen atoms in total. The van der Waals surface area contributed by atoms with Crippen molar-refractivity contribution < 1.29 is 23.1 Å². The highest BCUT2D eigenvalue weighted by Gasteiger charge is 2.29. The molecule has 1 N–H and O–H groups in total. The van der Waals surface area contributed by atoms with Gasteiger partial charge in [0.15, 0.2) is 0 Å². The average molecular weight is 324 g/mol. The van der Waals surface area contributed by atoms with Gasteiger partial charge >= 0.3 is 6.09 Å². The van der Waals surface area contributed by atoms with Crippen molar-refractivity contribution in [3.63, 3.8) is 0 Å². The Kier molecular flexibility index (Phi) is 3.28. The number of aromatic nitrogens is 1. The maximum Gasteiger partial charge on any atom is 0.407 e. The summed E-state index contributed by atoms with van der Waals surface area (Å²) in [6.07, 6.45) is 0.514. The fourth-order valence-corrected chi connectivity index (χ4v) is 4.08. The largest absolute Gasteiger partial charge is 0.497 e. The zero-order chi connectivity index (χ0) is 16.1. The molecule has 1 aromatic carbocycles. The number of hydrogen-bond acceptors (Lipinski definition) is 4. The van der Waals surface area contributed by atoms with Crippen LogP contribution in [0.15, 0.2) is 18.2 Å². The highest BCUT2D eigenvalue weighted by Crippen LogP contribution is 2.34. The van der Waals surface area contributed by atoms with Gasteiger partial charge in [-0.25, -0.2) is 17.2 Å². The second kappa shape index (κ2) is 4.91. The maximum atomic E-state index is 12.2. The van der Waals surface area contributed by atoms with E-state index in [-0.39, 0.29) is 13.1 Å². The quantitative estimate of drug-likeness (QED) is 0.904. The van der Waals surface area contributed by atoms with Crippen LogP contribution in [-0.4, -0.2) is 48.4 Å². The first kappa shape index (κ1) is 14.7. The minimum absolute atomic E-state index is 0.177. The van der Waals surface area contributed by atoms with Crippen molar-refractivity contribution in [3.8, 4) is 5.75 Å². The molecule has 3 rings (SSSR count). The lowest BCUT2D eigenvalue weighted by atomic mass is 10.0. The number of nitrogens with zero attached hydrogens (tertiary/aromatic N) is 2. The third-order valence-electron chi connectivity index (χ3n) is 3.91. The summed E-state index contributed by atoms with van der Waals surface area (Å²) in [5, 5.41) is 9.89. The summed E-state index contributed by atoms with van der Waals surface area (Å²) in [5.74, 6) is 0.605. The summed E-state index contributed by atoms with van der Waals surface area (Å²) >= 11 is 0. The summed E-state index contributed by atoms with van der Waals surface area (Å²) in [6.45, 7) is 0.460. The molecule has 22 heavy (non-hydrogen) atoms. The van der Waals surface area contributed by atoms with Gasteiger partial charge in [-0.2, -0.15) is 0 Å². The monoisotopic (exact) mass is 324 g/mol. The van der Waals surface area contributed by atoms with Gasteiger partial charge in [0.05, 0.1) is 25.4 Å². The van der Waals surface area contributed by atoms with Crippen molar-refractivity contribution in [3.05, 3.63) is 29.5 Å². The normalized spacial score (nSPS) is 14.9. The van der Waals surface area contributed by atoms with E-state index in [9.17, 15) is 18.3 Å². The first-order valence-corrected chi connectivity index (χ1v) is 8.56. The number of carbonyl (C=O) groups is 1. The van der Waals surface area contributed by atoms with E-state index in [1.807, 2.05) is 0 Å². The molecule has 1 aliphatic rings. The summed E-state index contributed by atoms with van der Waals surface area (Å²) < 4.78 is 30.8. The standard InChI is InChI=1S/C14H16N2O5S/c1-21-9-3-4-12-10(7-9)11-8-15(14(17)18)6-5-13(11)16(12)22(2,19)20/h3-4,7H,5-6,8H2,1-2H3,(H,17,18). The van der Waals surface area contributed by atoms with Crippen LogP contribution in [0.4, 0.5) is 4.79 Å². The van der Waals surface area contributed by atoms with Gasteiger partial charge in [0.1, 0.15) is 5.75 Å². The molecule has 0 saturated carbocycles. The molecule has 1 aromatic heterocycles. The van der Waals surface area contributed by atoms with Crippen molar-refractivity contribution in [2.45, 2.75) is 13.0 Å². The van der Waals surface area contributed by atoms with Crippen LogP contribution in [0.1, 0.15) is 11.3 Å². The van der Waals surface area contributed by atoms with Crippen LogP contribution in [0.5, 0.6) is 5.75 Å². The van der Waals surface area contributed by atoms with Gasteiger partial charge < -0.3 is 14.7 Å². The van der Waals surface area contributed by atoms with E-state index in [2.05, 4.69) is 0 Å². The van der Waals surface area contributed by atoms with Gasteiger partial charge in [0, 0.05) is 29.6 Å². The predicted octanol–water partition coefficient (Wildman–Crippen LogP) is 1.49. The first-order valence-electron chi connectivity index (χ1n) is 6.71. The van der Waals surface area contributed by atoms with Crippen LogP contribution < -0.4 is 4.74 Å². The van der Waals surface area contributed by atoms with Crippen LogP contribution in [0, 0.1) is 0 Å². The number of carboxylic acid groups (broad SMARTS) is 1. The van der Waals surface area contributed by atoms with Gasteiger partial charge in [-0.15, -0.1) is 0 Å². The molecule has 118 valence electrons. The Bertz CT molecular complexity index is 869. The molecule has 0 radical (unpaired) electrons. The molecule has 2 heterocycles. The minimum Gasteiger partial charge on any atom is -0.497 e. The van der Waals surface area contributed by atoms with Crippen molar-refractivity contribution in [1.82, 2.24) is 8.87 Å². The minimum atomic E-state index is -3.47. The molecule has 8 heteroatoms. The van der Waals surface area contributed by atoms with Gasteiger partial charge in [0.2, 0.25) is 10.0 Å². The van der Waals surface area contributed by atoms with E-state index in [4.69, 9.17) is 4.74 Å². The van der Waals surface area contributed by atoms with Crippen molar-refractivity contribution >= 4 is 27.0 Å². The Morgan fingerprint density at radius 3 is 2.68 bits per heavy atom. The molecule has 0 spiro atoms. The fourth-order valence-electron chi connectivity index (χ4n) is 2.97. The highest BCUT2D eigenvalue weighted by molar-refractivity contribution is 7.89. The average Bonchev–Trinajstić information content (AvgIpc) is 2.79. The van der Waals surface area contributed by atoms with Crippen molar-refractivity contribution in [2.75, 3.05) is 19.9 Å². The Morgan fingerprint density at radius 1 is 1.36 bits per heavy atom. The molecule has 0 atom stereocenters. The SMILES string of the molecule is COc1ccc2c(c1)c1c(n2S(C)(=O)=O)CCN(C(=O)O)C1. The van der Waals surface area contributed by atoms with E-state index < -0.39 is 16.1 Å². The number of ether oxygens (including phenoxy) is 1. The van der Waals surface area contributed by atoms with Crippen molar-refractivity contribution in [2.24, 2.45) is 0 Å². The highest BCUT2D eigenvalue weighted by atomic mass is 32.2.